The maximum absolute atomic E-state index is 12.2. The lowest BCUT2D eigenvalue weighted by Gasteiger charge is -2.09. The van der Waals surface area contributed by atoms with Gasteiger partial charge in [0.25, 0.3) is 19.1 Å². The molecule has 9 heteroatoms. The Hall–Kier alpha value is -1.28. The second-order valence-corrected chi connectivity index (χ2v) is 8.62. The molecule has 0 saturated heterocycles. The molecule has 0 fully saturated rings. The summed E-state index contributed by atoms with van der Waals surface area (Å²) in [6.07, 6.45) is 0. The second-order valence-electron chi connectivity index (χ2n) is 4.00. The van der Waals surface area contributed by atoms with Crippen LogP contribution in [0.25, 0.3) is 0 Å². The summed E-state index contributed by atoms with van der Waals surface area (Å²) in [5, 5.41) is 0.0879. The van der Waals surface area contributed by atoms with Crippen LogP contribution in [-0.2, 0) is 19.1 Å². The Morgan fingerprint density at radius 3 is 1.95 bits per heavy atom. The number of hydrogen-bond donors (Lipinski definition) is 1. The van der Waals surface area contributed by atoms with E-state index in [1.54, 1.807) is 12.1 Å². The molecular formula is C12H9Cl2NO4S2. The largest absolute Gasteiger partial charge is 0.280 e. The third kappa shape index (κ3) is 3.88. The van der Waals surface area contributed by atoms with Crippen LogP contribution < -0.4 is 4.72 Å². The minimum Gasteiger partial charge on any atom is -0.280 e. The van der Waals surface area contributed by atoms with E-state index in [0.717, 1.165) is 0 Å². The first kappa shape index (κ1) is 16.1. The Balaban J connectivity index is 2.32. The van der Waals surface area contributed by atoms with E-state index >= 15 is 0 Å². The highest BCUT2D eigenvalue weighted by atomic mass is 35.7. The fourth-order valence-corrected chi connectivity index (χ4v) is 3.91. The molecule has 2 aromatic carbocycles. The molecule has 0 unspecified atom stereocenters. The quantitative estimate of drug-likeness (QED) is 0.844. The topological polar surface area (TPSA) is 80.3 Å². The summed E-state index contributed by atoms with van der Waals surface area (Å²) in [6.45, 7) is 0. The van der Waals surface area contributed by atoms with Crippen molar-refractivity contribution in [1.82, 2.24) is 0 Å². The monoisotopic (exact) mass is 365 g/mol. The van der Waals surface area contributed by atoms with Gasteiger partial charge in [-0.15, -0.1) is 0 Å². The highest BCUT2D eigenvalue weighted by Crippen LogP contribution is 2.24. The molecule has 0 amide bonds. The molecule has 0 spiro atoms. The van der Waals surface area contributed by atoms with Crippen LogP contribution in [0, 0.1) is 0 Å². The summed E-state index contributed by atoms with van der Waals surface area (Å²) in [4.78, 5) is -0.189. The van der Waals surface area contributed by atoms with E-state index in [9.17, 15) is 16.8 Å². The molecule has 0 aliphatic heterocycles. The SMILES string of the molecule is O=S(=O)(Cl)c1ccc(NS(=O)(=O)c2ccccc2Cl)cc1. The van der Waals surface area contributed by atoms with Crippen LogP contribution in [0.1, 0.15) is 0 Å². The maximum Gasteiger partial charge on any atom is 0.263 e. The van der Waals surface area contributed by atoms with Gasteiger partial charge in [-0.05, 0) is 36.4 Å². The van der Waals surface area contributed by atoms with Gasteiger partial charge in [-0.3, -0.25) is 4.72 Å². The molecule has 2 rings (SSSR count). The maximum atomic E-state index is 12.2. The van der Waals surface area contributed by atoms with E-state index in [2.05, 4.69) is 4.72 Å². The molecule has 112 valence electrons. The third-order valence-corrected chi connectivity index (χ3v) is 5.77. The number of sulfonamides is 1. The average molecular weight is 366 g/mol. The zero-order valence-corrected chi connectivity index (χ0v) is 13.5. The molecule has 0 saturated carbocycles. The van der Waals surface area contributed by atoms with Crippen molar-refractivity contribution in [3.8, 4) is 0 Å². The molecule has 0 heterocycles. The Morgan fingerprint density at radius 2 is 1.43 bits per heavy atom. The van der Waals surface area contributed by atoms with Crippen LogP contribution in [0.2, 0.25) is 5.02 Å². The summed E-state index contributed by atoms with van der Waals surface area (Å²) in [7, 11) is -2.53. The van der Waals surface area contributed by atoms with Crippen molar-refractivity contribution in [2.24, 2.45) is 0 Å². The van der Waals surface area contributed by atoms with Crippen molar-refractivity contribution in [3.63, 3.8) is 0 Å². The molecule has 0 bridgehead atoms. The summed E-state index contributed by atoms with van der Waals surface area (Å²) in [5.41, 5.74) is 0.194. The van der Waals surface area contributed by atoms with Crippen LogP contribution in [-0.4, -0.2) is 16.8 Å². The van der Waals surface area contributed by atoms with E-state index in [-0.39, 0.29) is 20.5 Å². The summed E-state index contributed by atoms with van der Waals surface area (Å²) in [5.74, 6) is 0. The highest BCUT2D eigenvalue weighted by Gasteiger charge is 2.18. The van der Waals surface area contributed by atoms with Crippen LogP contribution >= 0.6 is 22.3 Å². The lowest BCUT2D eigenvalue weighted by molar-refractivity contribution is 0.601. The molecule has 0 atom stereocenters. The van der Waals surface area contributed by atoms with E-state index in [1.165, 1.54) is 36.4 Å². The lowest BCUT2D eigenvalue weighted by Crippen LogP contribution is -2.13. The van der Waals surface area contributed by atoms with Crippen LogP contribution in [0.5, 0.6) is 0 Å². The number of anilines is 1. The van der Waals surface area contributed by atoms with Crippen LogP contribution in [0.4, 0.5) is 5.69 Å². The van der Waals surface area contributed by atoms with E-state index in [4.69, 9.17) is 22.3 Å². The molecule has 0 radical (unpaired) electrons. The summed E-state index contributed by atoms with van der Waals surface area (Å²) >= 11 is 5.84. The van der Waals surface area contributed by atoms with Crippen LogP contribution in [0.15, 0.2) is 58.3 Å². The van der Waals surface area contributed by atoms with Crippen molar-refractivity contribution in [1.29, 1.82) is 0 Å². The first-order valence-corrected chi connectivity index (χ1v) is 9.69. The predicted octanol–water partition coefficient (Wildman–Crippen LogP) is 3.07. The summed E-state index contributed by atoms with van der Waals surface area (Å²) < 4.78 is 48.8. The minimum atomic E-state index is -3.86. The van der Waals surface area contributed by atoms with Gasteiger partial charge in [-0.2, -0.15) is 0 Å². The van der Waals surface area contributed by atoms with Crippen LogP contribution in [0.3, 0.4) is 0 Å². The number of rotatable bonds is 4. The van der Waals surface area contributed by atoms with Gasteiger partial charge in [0.05, 0.1) is 9.92 Å². The van der Waals surface area contributed by atoms with Gasteiger partial charge in [-0.1, -0.05) is 23.7 Å². The zero-order chi connectivity index (χ0) is 15.7. The molecule has 1 N–H and O–H groups in total. The Bertz CT molecular complexity index is 862. The van der Waals surface area contributed by atoms with Gasteiger partial charge >= 0.3 is 0 Å². The van der Waals surface area contributed by atoms with Crippen molar-refractivity contribution in [3.05, 3.63) is 53.6 Å². The van der Waals surface area contributed by atoms with Crippen molar-refractivity contribution in [2.75, 3.05) is 4.72 Å². The van der Waals surface area contributed by atoms with Gasteiger partial charge in [0.15, 0.2) is 0 Å². The lowest BCUT2D eigenvalue weighted by atomic mass is 10.3. The molecule has 0 aliphatic carbocycles. The fraction of sp³-hybridized carbons (Fsp3) is 0. The first-order valence-electron chi connectivity index (χ1n) is 5.52. The molecule has 2 aromatic rings. The average Bonchev–Trinajstić information content (AvgIpc) is 2.38. The molecule has 21 heavy (non-hydrogen) atoms. The highest BCUT2D eigenvalue weighted by molar-refractivity contribution is 8.13. The normalized spacial score (nSPS) is 12.1. The number of hydrogen-bond acceptors (Lipinski definition) is 4. The predicted molar refractivity (Wildman–Crippen MR) is 81.7 cm³/mol. The second kappa shape index (κ2) is 5.84. The Morgan fingerprint density at radius 1 is 0.857 bits per heavy atom. The molecule has 5 nitrogen and oxygen atoms in total. The standard InChI is InChI=1S/C12H9Cl2NO4S2/c13-11-3-1-2-4-12(11)21(18,19)15-9-5-7-10(8-6-9)20(14,16)17/h1-8,15H. The minimum absolute atomic E-state index is 0.0688. The smallest absolute Gasteiger partial charge is 0.263 e. The number of benzene rings is 2. The van der Waals surface area contributed by atoms with E-state index in [1.807, 2.05) is 0 Å². The molecular weight excluding hydrogens is 357 g/mol. The number of halogens is 2. The number of nitrogens with one attached hydrogen (secondary N) is 1. The zero-order valence-electron chi connectivity index (χ0n) is 10.3. The van der Waals surface area contributed by atoms with Gasteiger partial charge in [0, 0.05) is 16.4 Å². The molecule has 0 aromatic heterocycles. The van der Waals surface area contributed by atoms with Crippen molar-refractivity contribution in [2.45, 2.75) is 9.79 Å². The van der Waals surface area contributed by atoms with Gasteiger partial charge in [0.1, 0.15) is 4.90 Å². The summed E-state index contributed by atoms with van der Waals surface area (Å²) in [6, 6.07) is 11.0. The first-order chi connectivity index (χ1) is 9.70. The van der Waals surface area contributed by atoms with E-state index < -0.39 is 19.1 Å². The van der Waals surface area contributed by atoms with Gasteiger partial charge < -0.3 is 0 Å². The molecule has 0 aliphatic rings. The van der Waals surface area contributed by atoms with Crippen molar-refractivity contribution >= 4 is 47.0 Å². The van der Waals surface area contributed by atoms with Crippen molar-refractivity contribution < 1.29 is 16.8 Å². The Kier molecular flexibility index (Phi) is 4.48. The van der Waals surface area contributed by atoms with Gasteiger partial charge in [-0.25, -0.2) is 16.8 Å². The van der Waals surface area contributed by atoms with Gasteiger partial charge in [0.2, 0.25) is 0 Å². The Labute approximate surface area is 132 Å². The fourth-order valence-electron chi connectivity index (χ4n) is 1.56. The van der Waals surface area contributed by atoms with E-state index in [0.29, 0.717) is 0 Å². The third-order valence-electron chi connectivity index (χ3n) is 2.51.